The average Bonchev–Trinajstić information content (AvgIpc) is 2.89. The molecule has 0 unspecified atom stereocenters. The third-order valence-electron chi connectivity index (χ3n) is 4.08. The number of piperidine rings is 1. The highest BCUT2D eigenvalue weighted by Gasteiger charge is 2.25. The second-order valence-electron chi connectivity index (χ2n) is 5.82. The zero-order chi connectivity index (χ0) is 14.8. The monoisotopic (exact) mass is 306 g/mol. The number of carbonyl (C=O) groups excluding carboxylic acids is 1. The Labute approximate surface area is 129 Å². The molecule has 0 radical (unpaired) electrons. The fraction of sp³-hybridized carbons (Fsp3) is 0.600. The van der Waals surface area contributed by atoms with Crippen molar-refractivity contribution in [1.29, 1.82) is 0 Å². The number of amides is 1. The van der Waals surface area contributed by atoms with E-state index in [9.17, 15) is 4.79 Å². The molecule has 2 aliphatic heterocycles. The first-order valence-corrected chi connectivity index (χ1v) is 8.43. The molecule has 0 bridgehead atoms. The second-order valence-corrected chi connectivity index (χ2v) is 6.80. The van der Waals surface area contributed by atoms with E-state index in [1.807, 2.05) is 4.90 Å². The topological polar surface area (TPSA) is 62.5 Å². The van der Waals surface area contributed by atoms with Crippen molar-refractivity contribution in [2.75, 3.05) is 36.8 Å². The molecule has 1 saturated heterocycles. The molecule has 0 spiro atoms. The van der Waals surface area contributed by atoms with Crippen molar-refractivity contribution in [1.82, 2.24) is 9.88 Å². The Morgan fingerprint density at radius 1 is 1.29 bits per heavy atom. The maximum Gasteiger partial charge on any atom is 0.268 e. The number of rotatable bonds is 2. The summed E-state index contributed by atoms with van der Waals surface area (Å²) in [5.74, 6) is 0.415. The number of hydrogen-bond donors (Lipinski definition) is 1. The van der Waals surface area contributed by atoms with Crippen molar-refractivity contribution in [3.8, 4) is 0 Å². The minimum absolute atomic E-state index is 0.0284. The second kappa shape index (κ2) is 6.05. The van der Waals surface area contributed by atoms with Crippen LogP contribution < -0.4 is 10.6 Å². The summed E-state index contributed by atoms with van der Waals surface area (Å²) in [5, 5.41) is 0.903. The summed E-state index contributed by atoms with van der Waals surface area (Å²) < 4.78 is 0. The zero-order valence-corrected chi connectivity index (χ0v) is 13.3. The zero-order valence-electron chi connectivity index (χ0n) is 12.5. The normalized spacial score (nSPS) is 19.6. The lowest BCUT2D eigenvalue weighted by atomic mass is 10.1. The molecule has 1 fully saturated rings. The fourth-order valence-corrected chi connectivity index (χ4v) is 3.93. The van der Waals surface area contributed by atoms with Gasteiger partial charge in [-0.25, -0.2) is 4.98 Å². The minimum atomic E-state index is 0.0284. The molecule has 0 saturated carbocycles. The highest BCUT2D eigenvalue weighted by Crippen LogP contribution is 2.31. The summed E-state index contributed by atoms with van der Waals surface area (Å²) in [7, 11) is 0. The van der Waals surface area contributed by atoms with E-state index >= 15 is 0 Å². The van der Waals surface area contributed by atoms with E-state index in [2.05, 4.69) is 22.9 Å². The summed E-state index contributed by atoms with van der Waals surface area (Å²) in [5.41, 5.74) is 7.25. The lowest BCUT2D eigenvalue weighted by Crippen LogP contribution is -2.35. The first-order chi connectivity index (χ1) is 10.1. The average molecular weight is 306 g/mol. The molecule has 5 nitrogen and oxygen atoms in total. The van der Waals surface area contributed by atoms with Gasteiger partial charge < -0.3 is 15.5 Å². The lowest BCUT2D eigenvalue weighted by molar-refractivity contribution is 0.0771. The minimum Gasteiger partial charge on any atom is -0.382 e. The van der Waals surface area contributed by atoms with Crippen LogP contribution in [0.1, 0.15) is 42.3 Å². The van der Waals surface area contributed by atoms with Crippen LogP contribution in [0.25, 0.3) is 0 Å². The Balaban J connectivity index is 1.77. The molecule has 114 valence electrons. The molecule has 0 aliphatic carbocycles. The maximum atomic E-state index is 12.6. The van der Waals surface area contributed by atoms with Crippen LogP contribution in [0, 0.1) is 0 Å². The summed E-state index contributed by atoms with van der Waals surface area (Å²) in [6.07, 6.45) is 6.79. The largest absolute Gasteiger partial charge is 0.382 e. The highest BCUT2D eigenvalue weighted by atomic mass is 32.1. The van der Waals surface area contributed by atoms with Gasteiger partial charge in [-0.05, 0) is 32.6 Å². The van der Waals surface area contributed by atoms with E-state index < -0.39 is 0 Å². The third kappa shape index (κ3) is 3.05. The van der Waals surface area contributed by atoms with Crippen LogP contribution in [0.4, 0.5) is 10.9 Å². The summed E-state index contributed by atoms with van der Waals surface area (Å²) in [6.45, 7) is 5.58. The predicted octanol–water partition coefficient (Wildman–Crippen LogP) is 2.51. The van der Waals surface area contributed by atoms with Crippen LogP contribution in [0.15, 0.2) is 11.6 Å². The number of nitrogens with two attached hydrogens (primary N) is 1. The number of thiazole rings is 1. The number of carbonyl (C=O) groups is 1. The molecule has 0 aromatic carbocycles. The number of anilines is 2. The predicted molar refractivity (Wildman–Crippen MR) is 86.9 cm³/mol. The number of nitrogen functional groups attached to an aromatic ring is 1. The van der Waals surface area contributed by atoms with Crippen LogP contribution in [-0.2, 0) is 0 Å². The number of aromatic nitrogens is 1. The maximum absolute atomic E-state index is 12.6. The van der Waals surface area contributed by atoms with Crippen LogP contribution in [0.5, 0.6) is 0 Å². The Bertz CT molecular complexity index is 560. The van der Waals surface area contributed by atoms with E-state index in [-0.39, 0.29) is 5.91 Å². The van der Waals surface area contributed by atoms with Gasteiger partial charge in [0.1, 0.15) is 10.7 Å². The quantitative estimate of drug-likeness (QED) is 0.853. The molecule has 0 atom stereocenters. The van der Waals surface area contributed by atoms with Gasteiger partial charge in [0.2, 0.25) is 0 Å². The van der Waals surface area contributed by atoms with E-state index in [4.69, 9.17) is 5.73 Å². The SMILES string of the molecule is CC1=CCCN(C(=O)c2sc(N3CCCCC3)nc2N)C1. The van der Waals surface area contributed by atoms with Crippen LogP contribution in [0.2, 0.25) is 0 Å². The van der Waals surface area contributed by atoms with E-state index in [1.165, 1.54) is 36.2 Å². The van der Waals surface area contributed by atoms with Gasteiger partial charge in [0.05, 0.1) is 0 Å². The molecule has 6 heteroatoms. The molecule has 2 N–H and O–H groups in total. The van der Waals surface area contributed by atoms with Crippen molar-refractivity contribution in [3.63, 3.8) is 0 Å². The van der Waals surface area contributed by atoms with Crippen molar-refractivity contribution < 1.29 is 4.79 Å². The molecular weight excluding hydrogens is 284 g/mol. The lowest BCUT2D eigenvalue weighted by Gasteiger charge is -2.26. The highest BCUT2D eigenvalue weighted by molar-refractivity contribution is 7.18. The van der Waals surface area contributed by atoms with Gasteiger partial charge in [0.15, 0.2) is 5.13 Å². The van der Waals surface area contributed by atoms with Gasteiger partial charge in [-0.15, -0.1) is 0 Å². The molecule has 3 rings (SSSR count). The standard InChI is InChI=1S/C15H22N4OS/c1-11-6-5-9-19(10-11)14(20)12-13(16)17-15(21-12)18-7-3-2-4-8-18/h6H,2-5,7-10,16H2,1H3. The Morgan fingerprint density at radius 3 is 2.76 bits per heavy atom. The summed E-state index contributed by atoms with van der Waals surface area (Å²) in [4.78, 5) is 21.8. The molecule has 21 heavy (non-hydrogen) atoms. The van der Waals surface area contributed by atoms with Gasteiger partial charge in [0.25, 0.3) is 5.91 Å². The molecule has 3 heterocycles. The third-order valence-corrected chi connectivity index (χ3v) is 5.20. The summed E-state index contributed by atoms with van der Waals surface area (Å²) >= 11 is 1.45. The van der Waals surface area contributed by atoms with Crippen LogP contribution in [0.3, 0.4) is 0 Å². The Morgan fingerprint density at radius 2 is 2.05 bits per heavy atom. The van der Waals surface area contributed by atoms with Gasteiger partial charge in [0, 0.05) is 26.2 Å². The van der Waals surface area contributed by atoms with Crippen LogP contribution in [-0.4, -0.2) is 42.0 Å². The van der Waals surface area contributed by atoms with Crippen molar-refractivity contribution in [2.45, 2.75) is 32.6 Å². The van der Waals surface area contributed by atoms with Gasteiger partial charge in [-0.3, -0.25) is 4.79 Å². The Hall–Kier alpha value is -1.56. The molecule has 2 aliphatic rings. The van der Waals surface area contributed by atoms with E-state index in [0.717, 1.165) is 31.2 Å². The molecule has 1 amide bonds. The molecule has 1 aromatic rings. The Kier molecular flexibility index (Phi) is 4.14. The van der Waals surface area contributed by atoms with E-state index in [1.54, 1.807) is 0 Å². The van der Waals surface area contributed by atoms with Gasteiger partial charge in [-0.2, -0.15) is 0 Å². The van der Waals surface area contributed by atoms with Crippen molar-refractivity contribution >= 4 is 28.2 Å². The number of nitrogens with zero attached hydrogens (tertiary/aromatic N) is 3. The van der Waals surface area contributed by atoms with Crippen molar-refractivity contribution in [2.24, 2.45) is 0 Å². The van der Waals surface area contributed by atoms with Crippen LogP contribution >= 0.6 is 11.3 Å². The fourth-order valence-electron chi connectivity index (χ4n) is 2.92. The molecule has 1 aromatic heterocycles. The number of hydrogen-bond acceptors (Lipinski definition) is 5. The van der Waals surface area contributed by atoms with E-state index in [0.29, 0.717) is 17.2 Å². The summed E-state index contributed by atoms with van der Waals surface area (Å²) in [6, 6.07) is 0. The van der Waals surface area contributed by atoms with Gasteiger partial charge in [-0.1, -0.05) is 23.0 Å². The first kappa shape index (κ1) is 14.4. The first-order valence-electron chi connectivity index (χ1n) is 7.61. The smallest absolute Gasteiger partial charge is 0.268 e. The van der Waals surface area contributed by atoms with Gasteiger partial charge >= 0.3 is 0 Å². The molecular formula is C15H22N4OS. The van der Waals surface area contributed by atoms with Crippen molar-refractivity contribution in [3.05, 3.63) is 16.5 Å².